The molecule has 1 aromatic carbocycles. The molecule has 1 spiro atoms. The lowest BCUT2D eigenvalue weighted by atomic mass is 9.97. The van der Waals surface area contributed by atoms with Gasteiger partial charge in [-0.1, -0.05) is 23.9 Å². The van der Waals surface area contributed by atoms with E-state index < -0.39 is 11.7 Å². The maximum absolute atomic E-state index is 12.8. The standard InChI is InChI=1S/C24H30F3N5OS/c1-16(33)32-13-18(14-32)21-28-29-22(30(21)2)34-11-3-9-31-10-8-23(15-31)12-20(23)17-4-6-19(7-5-17)24(25,26)27/h4-7,18,20H,3,8-15H2,1-2H3/t20-,23+/m0/s1. The number of benzene rings is 1. The second kappa shape index (κ2) is 8.86. The number of amides is 1. The zero-order valence-electron chi connectivity index (χ0n) is 19.5. The molecule has 1 amide bonds. The number of hydrogen-bond acceptors (Lipinski definition) is 5. The summed E-state index contributed by atoms with van der Waals surface area (Å²) < 4.78 is 40.5. The predicted molar refractivity (Wildman–Crippen MR) is 124 cm³/mol. The summed E-state index contributed by atoms with van der Waals surface area (Å²) in [6, 6.07) is 5.76. The number of alkyl halides is 3. The van der Waals surface area contributed by atoms with Crippen LogP contribution in [0.5, 0.6) is 0 Å². The Balaban J connectivity index is 1.05. The Kier molecular flexibility index (Phi) is 6.16. The Labute approximate surface area is 201 Å². The zero-order chi connectivity index (χ0) is 24.1. The number of halogens is 3. The van der Waals surface area contributed by atoms with Crippen LogP contribution in [-0.4, -0.2) is 68.9 Å². The highest BCUT2D eigenvalue weighted by Crippen LogP contribution is 2.64. The number of aromatic nitrogens is 3. The van der Waals surface area contributed by atoms with Gasteiger partial charge in [-0.15, -0.1) is 10.2 Å². The number of likely N-dealkylation sites (tertiary alicyclic amines) is 2. The van der Waals surface area contributed by atoms with Crippen molar-refractivity contribution in [2.24, 2.45) is 12.5 Å². The average molecular weight is 494 g/mol. The van der Waals surface area contributed by atoms with E-state index in [0.29, 0.717) is 5.92 Å². The van der Waals surface area contributed by atoms with Gasteiger partial charge in [0, 0.05) is 39.4 Å². The molecule has 1 aromatic heterocycles. The summed E-state index contributed by atoms with van der Waals surface area (Å²) in [7, 11) is 1.99. The van der Waals surface area contributed by atoms with Crippen LogP contribution in [0.2, 0.25) is 0 Å². The van der Waals surface area contributed by atoms with Gasteiger partial charge in [-0.2, -0.15) is 13.2 Å². The van der Waals surface area contributed by atoms with Crippen molar-refractivity contribution in [1.82, 2.24) is 24.6 Å². The van der Waals surface area contributed by atoms with Gasteiger partial charge in [0.2, 0.25) is 5.91 Å². The number of rotatable bonds is 7. The quantitative estimate of drug-likeness (QED) is 0.429. The molecule has 5 rings (SSSR count). The van der Waals surface area contributed by atoms with Crippen LogP contribution >= 0.6 is 11.8 Å². The third-order valence-electron chi connectivity index (χ3n) is 7.70. The topological polar surface area (TPSA) is 54.3 Å². The highest BCUT2D eigenvalue weighted by molar-refractivity contribution is 7.99. The van der Waals surface area contributed by atoms with Crippen molar-refractivity contribution >= 4 is 17.7 Å². The van der Waals surface area contributed by atoms with E-state index in [1.165, 1.54) is 12.1 Å². The maximum atomic E-state index is 12.8. The van der Waals surface area contributed by atoms with Crippen molar-refractivity contribution in [2.75, 3.05) is 38.5 Å². The first-order valence-electron chi connectivity index (χ1n) is 11.8. The fraction of sp³-hybridized carbons (Fsp3) is 0.625. The molecule has 184 valence electrons. The highest BCUT2D eigenvalue weighted by Gasteiger charge is 2.57. The van der Waals surface area contributed by atoms with E-state index in [2.05, 4.69) is 19.7 Å². The number of hydrogen-bond donors (Lipinski definition) is 0. The van der Waals surface area contributed by atoms with Crippen LogP contribution in [0.15, 0.2) is 29.4 Å². The van der Waals surface area contributed by atoms with Crippen molar-refractivity contribution in [2.45, 2.75) is 49.4 Å². The fourth-order valence-corrected chi connectivity index (χ4v) is 6.35. The molecule has 3 heterocycles. The van der Waals surface area contributed by atoms with Crippen molar-refractivity contribution in [3.8, 4) is 0 Å². The first-order valence-corrected chi connectivity index (χ1v) is 12.8. The number of nitrogens with zero attached hydrogens (tertiary/aromatic N) is 5. The lowest BCUT2D eigenvalue weighted by Gasteiger charge is -2.37. The summed E-state index contributed by atoms with van der Waals surface area (Å²) in [4.78, 5) is 15.7. The molecule has 6 nitrogen and oxygen atoms in total. The van der Waals surface area contributed by atoms with E-state index in [0.717, 1.165) is 74.3 Å². The predicted octanol–water partition coefficient (Wildman–Crippen LogP) is 4.14. The van der Waals surface area contributed by atoms with Crippen LogP contribution in [0.1, 0.15) is 55.0 Å². The molecule has 2 atom stereocenters. The fourth-order valence-electron chi connectivity index (χ4n) is 5.51. The second-order valence-electron chi connectivity index (χ2n) is 9.99. The van der Waals surface area contributed by atoms with Crippen molar-refractivity contribution < 1.29 is 18.0 Å². The van der Waals surface area contributed by atoms with Gasteiger partial charge in [0.1, 0.15) is 5.82 Å². The first kappa shape index (κ1) is 23.7. The lowest BCUT2D eigenvalue weighted by Crippen LogP contribution is -2.48. The first-order chi connectivity index (χ1) is 16.2. The summed E-state index contributed by atoms with van der Waals surface area (Å²) in [5.41, 5.74) is 0.723. The van der Waals surface area contributed by atoms with Crippen LogP contribution in [0.3, 0.4) is 0 Å². The van der Waals surface area contributed by atoms with Crippen LogP contribution in [-0.2, 0) is 18.0 Å². The second-order valence-corrected chi connectivity index (χ2v) is 11.0. The maximum Gasteiger partial charge on any atom is 0.416 e. The minimum atomic E-state index is -4.28. The monoisotopic (exact) mass is 493 g/mol. The van der Waals surface area contributed by atoms with Gasteiger partial charge < -0.3 is 14.4 Å². The van der Waals surface area contributed by atoms with Crippen LogP contribution in [0.25, 0.3) is 0 Å². The smallest absolute Gasteiger partial charge is 0.341 e. The molecule has 2 aromatic rings. The van der Waals surface area contributed by atoms with Crippen LogP contribution in [0, 0.1) is 5.41 Å². The molecule has 0 radical (unpaired) electrons. The largest absolute Gasteiger partial charge is 0.416 e. The third-order valence-corrected chi connectivity index (χ3v) is 8.81. The number of thioether (sulfide) groups is 1. The third kappa shape index (κ3) is 4.58. The van der Waals surface area contributed by atoms with Gasteiger partial charge in [-0.25, -0.2) is 0 Å². The van der Waals surface area contributed by atoms with E-state index in [4.69, 9.17) is 0 Å². The van der Waals surface area contributed by atoms with Crippen molar-refractivity contribution in [3.63, 3.8) is 0 Å². The lowest BCUT2D eigenvalue weighted by molar-refractivity contribution is -0.137. The molecular formula is C24H30F3N5OS. The van der Waals surface area contributed by atoms with Gasteiger partial charge in [0.15, 0.2) is 5.16 Å². The molecule has 0 bridgehead atoms. The molecule has 1 aliphatic carbocycles. The molecule has 2 aliphatic heterocycles. The Bertz CT molecular complexity index is 1050. The van der Waals surface area contributed by atoms with Gasteiger partial charge in [-0.3, -0.25) is 4.79 Å². The molecule has 3 fully saturated rings. The van der Waals surface area contributed by atoms with Gasteiger partial charge >= 0.3 is 6.18 Å². The highest BCUT2D eigenvalue weighted by atomic mass is 32.2. The summed E-state index contributed by atoms with van der Waals surface area (Å²) >= 11 is 1.72. The van der Waals surface area contributed by atoms with Crippen molar-refractivity contribution in [3.05, 3.63) is 41.2 Å². The number of carbonyl (C=O) groups is 1. The Morgan fingerprint density at radius 2 is 1.94 bits per heavy atom. The van der Waals surface area contributed by atoms with E-state index in [1.807, 2.05) is 11.9 Å². The summed E-state index contributed by atoms with van der Waals surface area (Å²) in [5.74, 6) is 2.67. The molecule has 10 heteroatoms. The van der Waals surface area contributed by atoms with Crippen LogP contribution < -0.4 is 0 Å². The zero-order valence-corrected chi connectivity index (χ0v) is 20.3. The molecule has 2 saturated heterocycles. The SMILES string of the molecule is CC(=O)N1CC(c2nnc(SCCCN3CC[C@@]4(C[C@H]4c4ccc(C(F)(F)F)cc4)C3)n2C)C1. The Hall–Kier alpha value is -2.07. The Morgan fingerprint density at radius 3 is 2.62 bits per heavy atom. The van der Waals surface area contributed by atoms with E-state index >= 15 is 0 Å². The molecule has 0 N–H and O–H groups in total. The molecule has 1 saturated carbocycles. The minimum absolute atomic E-state index is 0.105. The van der Waals surface area contributed by atoms with Gasteiger partial charge in [0.05, 0.1) is 11.5 Å². The molecule has 34 heavy (non-hydrogen) atoms. The van der Waals surface area contributed by atoms with E-state index in [-0.39, 0.29) is 17.2 Å². The van der Waals surface area contributed by atoms with E-state index in [9.17, 15) is 18.0 Å². The normalized spacial score (nSPS) is 25.2. The van der Waals surface area contributed by atoms with Gasteiger partial charge in [-0.05, 0) is 61.4 Å². The Morgan fingerprint density at radius 1 is 1.21 bits per heavy atom. The number of carbonyl (C=O) groups excluding carboxylic acids is 1. The summed E-state index contributed by atoms with van der Waals surface area (Å²) in [5, 5.41) is 9.61. The average Bonchev–Trinajstić information content (AvgIpc) is 3.11. The molecule has 0 unspecified atom stereocenters. The molecular weight excluding hydrogens is 463 g/mol. The summed E-state index contributed by atoms with van der Waals surface area (Å²) in [6.07, 6.45) is -1.03. The van der Waals surface area contributed by atoms with Crippen LogP contribution in [0.4, 0.5) is 13.2 Å². The van der Waals surface area contributed by atoms with Gasteiger partial charge in [0.25, 0.3) is 0 Å². The summed E-state index contributed by atoms with van der Waals surface area (Å²) in [6.45, 7) is 6.15. The van der Waals surface area contributed by atoms with E-state index in [1.54, 1.807) is 30.8 Å². The molecule has 3 aliphatic rings. The van der Waals surface area contributed by atoms with Crippen molar-refractivity contribution in [1.29, 1.82) is 0 Å². The minimum Gasteiger partial charge on any atom is -0.341 e.